The summed E-state index contributed by atoms with van der Waals surface area (Å²) in [6, 6.07) is 0. The van der Waals surface area contributed by atoms with Crippen LogP contribution in [0.25, 0.3) is 0 Å². The van der Waals surface area contributed by atoms with Gasteiger partial charge in [0.2, 0.25) is 0 Å². The van der Waals surface area contributed by atoms with Gasteiger partial charge in [-0.15, -0.1) is 0 Å². The van der Waals surface area contributed by atoms with Gasteiger partial charge in [-0.25, -0.2) is 0 Å². The molecule has 0 rings (SSSR count). The van der Waals surface area contributed by atoms with E-state index in [1.165, 1.54) is 19.3 Å². The van der Waals surface area contributed by atoms with E-state index in [1.807, 2.05) is 0 Å². The van der Waals surface area contributed by atoms with Crippen LogP contribution >= 0.6 is 15.2 Å². The fraction of sp³-hybridized carbons (Fsp3) is 1.00. The van der Waals surface area contributed by atoms with E-state index in [0.717, 1.165) is 19.3 Å². The summed E-state index contributed by atoms with van der Waals surface area (Å²) < 4.78 is 21.6. The normalized spacial score (nSPS) is 14.8. The van der Waals surface area contributed by atoms with Gasteiger partial charge in [0, 0.05) is 0 Å². The van der Waals surface area contributed by atoms with Gasteiger partial charge in [-0.05, 0) is 6.42 Å². The number of unbranched alkanes of at least 4 members (excludes halogenated alkanes) is 7. The molecule has 0 aliphatic rings. The minimum atomic E-state index is -5.29. The summed E-state index contributed by atoms with van der Waals surface area (Å²) in [6.45, 7) is 2.13. The zero-order valence-corrected chi connectivity index (χ0v) is 22.1. The molecule has 0 aliphatic heterocycles. The Labute approximate surface area is 200 Å². The third kappa shape index (κ3) is 18.1. The van der Waals surface area contributed by atoms with Crippen LogP contribution < -0.4 is 103 Å². The maximum Gasteiger partial charge on any atom is 1.00 e. The van der Waals surface area contributed by atoms with Gasteiger partial charge in [-0.1, -0.05) is 65.9 Å². The summed E-state index contributed by atoms with van der Waals surface area (Å²) in [6.07, 6.45) is 7.22. The Morgan fingerprint density at radius 3 is 1.50 bits per heavy atom. The Kier molecular flexibility index (Phi) is 26.5. The van der Waals surface area contributed by atoms with Crippen molar-refractivity contribution < 1.29 is 117 Å². The molecule has 0 heterocycles. The SMILES string of the molecule is CCCCCCCCCCC(P(=O)([O-])[O-])P(=O)([O-])O.[Na+].[Na+].[Na+]. The fourth-order valence-corrected chi connectivity index (χ4v) is 4.40. The van der Waals surface area contributed by atoms with Gasteiger partial charge in [-0.2, -0.15) is 0 Å². The van der Waals surface area contributed by atoms with Gasteiger partial charge in [-0.3, -0.25) is 0 Å². The van der Waals surface area contributed by atoms with Crippen molar-refractivity contribution in [3.8, 4) is 0 Å². The molecule has 0 aromatic rings. The molecule has 0 aromatic heterocycles. The van der Waals surface area contributed by atoms with Crippen molar-refractivity contribution in [3.05, 3.63) is 0 Å². The summed E-state index contributed by atoms with van der Waals surface area (Å²) in [5.74, 6) is 0. The van der Waals surface area contributed by atoms with E-state index in [-0.39, 0.29) is 95.1 Å². The first kappa shape index (κ1) is 32.9. The van der Waals surface area contributed by atoms with E-state index >= 15 is 0 Å². The molecule has 0 fully saturated rings. The van der Waals surface area contributed by atoms with Crippen LogP contribution in [0.4, 0.5) is 0 Å². The molecule has 11 heteroatoms. The molecule has 0 aromatic carbocycles. The van der Waals surface area contributed by atoms with Crippen molar-refractivity contribution >= 4 is 15.2 Å². The minimum absolute atomic E-state index is 0. The fourth-order valence-electron chi connectivity index (χ4n) is 1.96. The average molecular weight is 382 g/mol. The summed E-state index contributed by atoms with van der Waals surface area (Å²) in [5, 5.41) is -2.17. The molecule has 0 spiro atoms. The minimum Gasteiger partial charge on any atom is -0.810 e. The predicted molar refractivity (Wildman–Crippen MR) is 68.4 cm³/mol. The van der Waals surface area contributed by atoms with Crippen LogP contribution in [0.2, 0.25) is 0 Å². The molecule has 116 valence electrons. The topological polar surface area (TPSA) is 124 Å². The zero-order chi connectivity index (χ0) is 14.9. The van der Waals surface area contributed by atoms with Crippen LogP contribution in [-0.2, 0) is 9.13 Å². The van der Waals surface area contributed by atoms with Crippen molar-refractivity contribution in [2.24, 2.45) is 0 Å². The van der Waals surface area contributed by atoms with Crippen molar-refractivity contribution in [1.82, 2.24) is 0 Å². The second-order valence-corrected chi connectivity index (χ2v) is 8.71. The molecule has 6 nitrogen and oxygen atoms in total. The third-order valence-corrected chi connectivity index (χ3v) is 6.78. The molecule has 2 atom stereocenters. The Morgan fingerprint density at radius 2 is 1.18 bits per heavy atom. The number of hydrogen-bond acceptors (Lipinski definition) is 5. The molecule has 22 heavy (non-hydrogen) atoms. The smallest absolute Gasteiger partial charge is 0.810 e. The largest absolute Gasteiger partial charge is 1.00 e. The van der Waals surface area contributed by atoms with Crippen molar-refractivity contribution in [2.45, 2.75) is 70.1 Å². The Bertz CT molecular complexity index is 312. The summed E-state index contributed by atoms with van der Waals surface area (Å²) in [5.41, 5.74) is 0. The third-order valence-electron chi connectivity index (χ3n) is 3.06. The van der Waals surface area contributed by atoms with Crippen LogP contribution in [0.3, 0.4) is 0 Å². The van der Waals surface area contributed by atoms with Crippen LogP contribution in [0.15, 0.2) is 0 Å². The standard InChI is InChI=1S/C11H26O6P2.3Na/c1-2-3-4-5-6-7-8-9-10-11(18(12,13)14)19(15,16)17;;;/h11H,2-10H2,1H3,(H2,12,13,14)(H2,15,16,17);;;/q;3*+1/p-3. The van der Waals surface area contributed by atoms with E-state index in [9.17, 15) is 23.8 Å². The van der Waals surface area contributed by atoms with E-state index < -0.39 is 20.6 Å². The van der Waals surface area contributed by atoms with E-state index in [2.05, 4.69) is 6.92 Å². The zero-order valence-electron chi connectivity index (χ0n) is 14.3. The van der Waals surface area contributed by atoms with E-state index in [0.29, 0.717) is 12.8 Å². The quantitative estimate of drug-likeness (QED) is 0.215. The molecule has 0 saturated heterocycles. The molecule has 0 aliphatic carbocycles. The molecule has 0 radical (unpaired) electrons. The Hall–Kier alpha value is 3.30. The molecule has 0 saturated carbocycles. The second kappa shape index (κ2) is 17.7. The molecule has 1 N–H and O–H groups in total. The number of hydrogen-bond donors (Lipinski definition) is 1. The average Bonchev–Trinajstić information content (AvgIpc) is 2.23. The maximum atomic E-state index is 10.8. The molecular formula is C11H23Na3O6P2. The van der Waals surface area contributed by atoms with Gasteiger partial charge in [0.15, 0.2) is 0 Å². The van der Waals surface area contributed by atoms with E-state index in [4.69, 9.17) is 4.89 Å². The first-order chi connectivity index (χ1) is 8.69. The van der Waals surface area contributed by atoms with Gasteiger partial charge in [0.05, 0.1) is 5.40 Å². The monoisotopic (exact) mass is 382 g/mol. The first-order valence-electron chi connectivity index (χ1n) is 6.74. The van der Waals surface area contributed by atoms with Crippen molar-refractivity contribution in [2.75, 3.05) is 0 Å². The Balaban J connectivity index is -0.000000540. The van der Waals surface area contributed by atoms with Crippen LogP contribution in [-0.4, -0.2) is 10.3 Å². The summed E-state index contributed by atoms with van der Waals surface area (Å²) in [4.78, 5) is 41.1. The van der Waals surface area contributed by atoms with Gasteiger partial charge in [0.1, 0.15) is 7.60 Å². The van der Waals surface area contributed by atoms with Gasteiger partial charge in [0.25, 0.3) is 0 Å². The second-order valence-electron chi connectivity index (χ2n) is 4.85. The van der Waals surface area contributed by atoms with Crippen LogP contribution in [0, 0.1) is 0 Å². The van der Waals surface area contributed by atoms with Gasteiger partial charge >= 0.3 is 88.7 Å². The first-order valence-corrected chi connectivity index (χ1v) is 10.0. The van der Waals surface area contributed by atoms with Crippen LogP contribution in [0.5, 0.6) is 0 Å². The van der Waals surface area contributed by atoms with Gasteiger partial charge < -0.3 is 28.7 Å². The molecule has 0 amide bonds. The van der Waals surface area contributed by atoms with Crippen LogP contribution in [0.1, 0.15) is 64.7 Å². The van der Waals surface area contributed by atoms with E-state index in [1.54, 1.807) is 0 Å². The van der Waals surface area contributed by atoms with Crippen molar-refractivity contribution in [3.63, 3.8) is 0 Å². The molecule has 2 unspecified atom stereocenters. The Morgan fingerprint density at radius 1 is 0.818 bits per heavy atom. The molecule has 0 bridgehead atoms. The van der Waals surface area contributed by atoms with Crippen molar-refractivity contribution in [1.29, 1.82) is 0 Å². The summed E-state index contributed by atoms with van der Waals surface area (Å²) >= 11 is 0. The molecular weight excluding hydrogens is 359 g/mol. The predicted octanol–water partition coefficient (Wildman–Crippen LogP) is -7.69. The maximum absolute atomic E-state index is 10.8. The summed E-state index contributed by atoms with van der Waals surface area (Å²) in [7, 11) is -10.4. The number of rotatable bonds is 11.